The van der Waals surface area contributed by atoms with Gasteiger partial charge in [0, 0.05) is 19.8 Å². The summed E-state index contributed by atoms with van der Waals surface area (Å²) in [6, 6.07) is 1.75. The molecule has 0 aliphatic rings. The molecule has 0 radical (unpaired) electrons. The lowest BCUT2D eigenvalue weighted by atomic mass is 10.2. The summed E-state index contributed by atoms with van der Waals surface area (Å²) >= 11 is 0. The molecule has 4 heteroatoms. The summed E-state index contributed by atoms with van der Waals surface area (Å²) in [5.41, 5.74) is 5.99. The number of aliphatic hydroxyl groups excluding tert-OH is 1. The third-order valence-corrected chi connectivity index (χ3v) is 1.42. The molecule has 0 spiro atoms. The summed E-state index contributed by atoms with van der Waals surface area (Å²) in [6.07, 6.45) is 1.04. The highest BCUT2D eigenvalue weighted by molar-refractivity contribution is 5.03. The van der Waals surface area contributed by atoms with Gasteiger partial charge in [0.15, 0.2) is 0 Å². The van der Waals surface area contributed by atoms with Gasteiger partial charge in [-0.25, -0.2) is 0 Å². The Morgan fingerprint density at radius 1 is 1.90 bits per heavy atom. The van der Waals surface area contributed by atoms with Crippen LogP contribution in [0.4, 0.5) is 0 Å². The second kappa shape index (κ2) is 2.81. The molecule has 1 rings (SSSR count). The second-order valence-corrected chi connectivity index (χ2v) is 2.13. The molecule has 0 bridgehead atoms. The van der Waals surface area contributed by atoms with Crippen LogP contribution < -0.4 is 5.73 Å². The molecule has 56 valence electrons. The molecule has 0 fully saturated rings. The Labute approximate surface area is 59.3 Å². The summed E-state index contributed by atoms with van der Waals surface area (Å²) in [6.45, 7) is 0.236. The molecule has 1 aromatic rings. The van der Waals surface area contributed by atoms with E-state index in [0.717, 1.165) is 5.69 Å². The van der Waals surface area contributed by atoms with Gasteiger partial charge >= 0.3 is 0 Å². The normalized spacial score (nSPS) is 13.5. The Kier molecular flexibility index (Phi) is 2.03. The molecular formula is C6H11N3O. The highest BCUT2D eigenvalue weighted by atomic mass is 16.3. The third kappa shape index (κ3) is 1.17. The van der Waals surface area contributed by atoms with Crippen LogP contribution in [-0.4, -0.2) is 21.4 Å². The standard InChI is InChI=1S/C6H11N3O/c1-9-5(2-3-8-9)6(10)4-7/h2-3,6,10H,4,7H2,1H3/t6-/m0/s1. The molecule has 10 heavy (non-hydrogen) atoms. The minimum atomic E-state index is -0.590. The fourth-order valence-corrected chi connectivity index (χ4v) is 0.832. The minimum absolute atomic E-state index is 0.236. The number of rotatable bonds is 2. The summed E-state index contributed by atoms with van der Waals surface area (Å²) in [7, 11) is 1.77. The van der Waals surface area contributed by atoms with E-state index in [1.54, 1.807) is 24.0 Å². The van der Waals surface area contributed by atoms with Crippen molar-refractivity contribution < 1.29 is 5.11 Å². The zero-order valence-electron chi connectivity index (χ0n) is 5.86. The van der Waals surface area contributed by atoms with Crippen LogP contribution in [0.1, 0.15) is 11.8 Å². The molecule has 0 aliphatic carbocycles. The van der Waals surface area contributed by atoms with Gasteiger partial charge in [-0.1, -0.05) is 0 Å². The highest BCUT2D eigenvalue weighted by Crippen LogP contribution is 2.07. The number of aromatic nitrogens is 2. The maximum Gasteiger partial charge on any atom is 0.108 e. The molecule has 0 aliphatic heterocycles. The third-order valence-electron chi connectivity index (χ3n) is 1.42. The van der Waals surface area contributed by atoms with Crippen LogP contribution in [0.5, 0.6) is 0 Å². The largest absolute Gasteiger partial charge is 0.385 e. The average Bonchev–Trinajstić information content (AvgIpc) is 2.34. The van der Waals surface area contributed by atoms with Crippen molar-refractivity contribution in [2.45, 2.75) is 6.10 Å². The van der Waals surface area contributed by atoms with Crippen LogP contribution in [0.2, 0.25) is 0 Å². The second-order valence-electron chi connectivity index (χ2n) is 2.13. The van der Waals surface area contributed by atoms with E-state index < -0.39 is 6.10 Å². The van der Waals surface area contributed by atoms with Gasteiger partial charge in [0.1, 0.15) is 6.10 Å². The smallest absolute Gasteiger partial charge is 0.108 e. The predicted octanol–water partition coefficient (Wildman–Crippen LogP) is -0.588. The van der Waals surface area contributed by atoms with Crippen molar-refractivity contribution in [2.75, 3.05) is 6.54 Å². The molecule has 1 atom stereocenters. The molecular weight excluding hydrogens is 130 g/mol. The molecule has 0 amide bonds. The summed E-state index contributed by atoms with van der Waals surface area (Å²) in [5.74, 6) is 0. The predicted molar refractivity (Wildman–Crippen MR) is 37.2 cm³/mol. The zero-order chi connectivity index (χ0) is 7.56. The van der Waals surface area contributed by atoms with Crippen LogP contribution in [0.15, 0.2) is 12.3 Å². The van der Waals surface area contributed by atoms with E-state index in [-0.39, 0.29) is 6.54 Å². The van der Waals surface area contributed by atoms with Gasteiger partial charge in [0.2, 0.25) is 0 Å². The molecule has 4 nitrogen and oxygen atoms in total. The van der Waals surface area contributed by atoms with Crippen molar-refractivity contribution in [3.8, 4) is 0 Å². The summed E-state index contributed by atoms with van der Waals surface area (Å²) in [5, 5.41) is 13.1. The van der Waals surface area contributed by atoms with Gasteiger partial charge < -0.3 is 10.8 Å². The molecule has 0 saturated heterocycles. The van der Waals surface area contributed by atoms with Gasteiger partial charge in [-0.05, 0) is 6.07 Å². The van der Waals surface area contributed by atoms with Gasteiger partial charge in [-0.3, -0.25) is 4.68 Å². The van der Waals surface area contributed by atoms with Crippen LogP contribution in [-0.2, 0) is 7.05 Å². The Balaban J connectivity index is 2.82. The number of hydrogen-bond donors (Lipinski definition) is 2. The van der Waals surface area contributed by atoms with Crippen LogP contribution in [0, 0.1) is 0 Å². The van der Waals surface area contributed by atoms with E-state index in [2.05, 4.69) is 5.10 Å². The minimum Gasteiger partial charge on any atom is -0.385 e. The van der Waals surface area contributed by atoms with Crippen molar-refractivity contribution in [3.63, 3.8) is 0 Å². The molecule has 0 saturated carbocycles. The van der Waals surface area contributed by atoms with Crippen molar-refractivity contribution in [1.82, 2.24) is 9.78 Å². The van der Waals surface area contributed by atoms with E-state index in [1.807, 2.05) is 0 Å². The van der Waals surface area contributed by atoms with E-state index in [0.29, 0.717) is 0 Å². The highest BCUT2D eigenvalue weighted by Gasteiger charge is 2.07. The van der Waals surface area contributed by atoms with Crippen LogP contribution in [0.3, 0.4) is 0 Å². The first-order chi connectivity index (χ1) is 4.75. The SMILES string of the molecule is Cn1nccc1[C@@H](O)CN. The quantitative estimate of drug-likeness (QED) is 0.578. The molecule has 3 N–H and O–H groups in total. The van der Waals surface area contributed by atoms with Crippen molar-refractivity contribution in [1.29, 1.82) is 0 Å². The van der Waals surface area contributed by atoms with Gasteiger partial charge in [-0.2, -0.15) is 5.10 Å². The summed E-state index contributed by atoms with van der Waals surface area (Å²) < 4.78 is 1.61. The van der Waals surface area contributed by atoms with Gasteiger partial charge in [0.05, 0.1) is 5.69 Å². The van der Waals surface area contributed by atoms with E-state index in [9.17, 15) is 5.11 Å². The molecule has 0 aromatic carbocycles. The topological polar surface area (TPSA) is 64.1 Å². The number of aliphatic hydroxyl groups is 1. The number of aryl methyl sites for hydroxylation is 1. The van der Waals surface area contributed by atoms with Gasteiger partial charge in [0.25, 0.3) is 0 Å². The first-order valence-corrected chi connectivity index (χ1v) is 3.11. The maximum atomic E-state index is 9.21. The lowest BCUT2D eigenvalue weighted by Crippen LogP contribution is -2.14. The van der Waals surface area contributed by atoms with Crippen LogP contribution >= 0.6 is 0 Å². The fourth-order valence-electron chi connectivity index (χ4n) is 0.832. The monoisotopic (exact) mass is 141 g/mol. The Morgan fingerprint density at radius 2 is 2.60 bits per heavy atom. The molecule has 0 unspecified atom stereocenters. The first-order valence-electron chi connectivity index (χ1n) is 3.11. The van der Waals surface area contributed by atoms with E-state index >= 15 is 0 Å². The Hall–Kier alpha value is -0.870. The maximum absolute atomic E-state index is 9.21. The van der Waals surface area contributed by atoms with Gasteiger partial charge in [-0.15, -0.1) is 0 Å². The molecule has 1 heterocycles. The number of nitrogens with zero attached hydrogens (tertiary/aromatic N) is 2. The molecule has 1 aromatic heterocycles. The zero-order valence-corrected chi connectivity index (χ0v) is 5.86. The first kappa shape index (κ1) is 7.24. The Morgan fingerprint density at radius 3 is 3.00 bits per heavy atom. The van der Waals surface area contributed by atoms with Crippen molar-refractivity contribution in [2.24, 2.45) is 12.8 Å². The van der Waals surface area contributed by atoms with Crippen LogP contribution in [0.25, 0.3) is 0 Å². The van der Waals surface area contributed by atoms with E-state index in [4.69, 9.17) is 5.73 Å². The van der Waals surface area contributed by atoms with Crippen molar-refractivity contribution >= 4 is 0 Å². The number of hydrogen-bond acceptors (Lipinski definition) is 3. The lowest BCUT2D eigenvalue weighted by Gasteiger charge is -2.06. The lowest BCUT2D eigenvalue weighted by molar-refractivity contribution is 0.177. The fraction of sp³-hybridized carbons (Fsp3) is 0.500. The van der Waals surface area contributed by atoms with E-state index in [1.165, 1.54) is 0 Å². The average molecular weight is 141 g/mol. The summed E-state index contributed by atoms with van der Waals surface area (Å²) in [4.78, 5) is 0. The number of nitrogens with two attached hydrogens (primary N) is 1. The van der Waals surface area contributed by atoms with Crippen molar-refractivity contribution in [3.05, 3.63) is 18.0 Å². The Bertz CT molecular complexity index is 209.